The molecule has 0 radical (unpaired) electrons. The second-order valence-corrected chi connectivity index (χ2v) is 5.82. The van der Waals surface area contributed by atoms with E-state index in [1.54, 1.807) is 47.2 Å². The maximum absolute atomic E-state index is 12.2. The Hall–Kier alpha value is -3.20. The van der Waals surface area contributed by atoms with Crippen LogP contribution in [0, 0.1) is 11.3 Å². The van der Waals surface area contributed by atoms with E-state index in [0.29, 0.717) is 23.7 Å². The lowest BCUT2D eigenvalue weighted by Crippen LogP contribution is -2.20. The van der Waals surface area contributed by atoms with Crippen molar-refractivity contribution >= 4 is 22.7 Å². The van der Waals surface area contributed by atoms with Crippen molar-refractivity contribution in [3.8, 4) is 6.07 Å². The van der Waals surface area contributed by atoms with E-state index in [2.05, 4.69) is 28.3 Å². The highest BCUT2D eigenvalue weighted by atomic mass is 16.1. The Kier molecular flexibility index (Phi) is 5.05. The molecule has 0 saturated heterocycles. The summed E-state index contributed by atoms with van der Waals surface area (Å²) in [6.45, 7) is 2.78. The highest BCUT2D eigenvalue weighted by Crippen LogP contribution is 2.16. The Morgan fingerprint density at radius 3 is 2.68 bits per heavy atom. The van der Waals surface area contributed by atoms with E-state index in [0.717, 1.165) is 30.3 Å². The van der Waals surface area contributed by atoms with Gasteiger partial charge in [0.1, 0.15) is 5.65 Å². The van der Waals surface area contributed by atoms with Crippen molar-refractivity contribution in [3.05, 3.63) is 58.5 Å². The molecule has 1 N–H and O–H groups in total. The Bertz CT molecular complexity index is 970. The molecule has 6 nitrogen and oxygen atoms in total. The van der Waals surface area contributed by atoms with E-state index >= 15 is 0 Å². The van der Waals surface area contributed by atoms with Crippen LogP contribution in [-0.4, -0.2) is 14.5 Å². The predicted octanol–water partition coefficient (Wildman–Crippen LogP) is 3.60. The molecule has 1 aromatic carbocycles. The molecule has 0 spiro atoms. The van der Waals surface area contributed by atoms with Gasteiger partial charge in [-0.1, -0.05) is 19.8 Å². The highest BCUT2D eigenvalue weighted by Gasteiger charge is 2.07. The topological polar surface area (TPSA) is 83.6 Å². The number of benzene rings is 1. The van der Waals surface area contributed by atoms with E-state index in [9.17, 15) is 4.79 Å². The summed E-state index contributed by atoms with van der Waals surface area (Å²) in [4.78, 5) is 21.1. The van der Waals surface area contributed by atoms with Gasteiger partial charge in [-0.3, -0.25) is 9.36 Å². The van der Waals surface area contributed by atoms with Crippen molar-refractivity contribution in [2.45, 2.75) is 32.7 Å². The standard InChI is InChI=1S/C19H19N5O/c1-2-3-4-11-24-17(25)10-7-15-13-21-19(23-18(15)24)22-16-8-5-14(12-20)6-9-16/h5-10,13H,2-4,11H2,1H3,(H,21,22,23). The molecular weight excluding hydrogens is 314 g/mol. The summed E-state index contributed by atoms with van der Waals surface area (Å²) in [7, 11) is 0. The molecule has 0 saturated carbocycles. The first-order valence-corrected chi connectivity index (χ1v) is 8.35. The van der Waals surface area contributed by atoms with E-state index in [1.807, 2.05) is 0 Å². The Balaban J connectivity index is 1.93. The van der Waals surface area contributed by atoms with Crippen LogP contribution in [-0.2, 0) is 6.54 Å². The smallest absolute Gasteiger partial charge is 0.252 e. The summed E-state index contributed by atoms with van der Waals surface area (Å²) in [6, 6.07) is 12.4. The molecule has 0 aliphatic rings. The van der Waals surface area contributed by atoms with E-state index < -0.39 is 0 Å². The van der Waals surface area contributed by atoms with Gasteiger partial charge in [0.15, 0.2) is 0 Å². The van der Waals surface area contributed by atoms with Crippen LogP contribution < -0.4 is 10.9 Å². The Morgan fingerprint density at radius 1 is 1.16 bits per heavy atom. The molecular formula is C19H19N5O. The van der Waals surface area contributed by atoms with Crippen molar-refractivity contribution < 1.29 is 0 Å². The molecule has 0 unspecified atom stereocenters. The van der Waals surface area contributed by atoms with Gasteiger partial charge in [-0.25, -0.2) is 4.98 Å². The average molecular weight is 333 g/mol. The largest absolute Gasteiger partial charge is 0.324 e. The lowest BCUT2D eigenvalue weighted by Gasteiger charge is -2.10. The molecule has 25 heavy (non-hydrogen) atoms. The third-order valence-corrected chi connectivity index (χ3v) is 3.98. The molecule has 0 aliphatic carbocycles. The van der Waals surface area contributed by atoms with Crippen LogP contribution in [0.5, 0.6) is 0 Å². The number of hydrogen-bond donors (Lipinski definition) is 1. The number of hydrogen-bond acceptors (Lipinski definition) is 5. The van der Waals surface area contributed by atoms with Gasteiger partial charge < -0.3 is 5.32 Å². The SMILES string of the molecule is CCCCCn1c(=O)ccc2cnc(Nc3ccc(C#N)cc3)nc21. The third kappa shape index (κ3) is 3.83. The zero-order chi connectivity index (χ0) is 17.6. The van der Waals surface area contributed by atoms with Crippen LogP contribution in [0.1, 0.15) is 31.7 Å². The van der Waals surface area contributed by atoms with Gasteiger partial charge in [0.05, 0.1) is 11.6 Å². The van der Waals surface area contributed by atoms with Gasteiger partial charge >= 0.3 is 0 Å². The van der Waals surface area contributed by atoms with Crippen LogP contribution in [0.2, 0.25) is 0 Å². The molecule has 0 bridgehead atoms. The fraction of sp³-hybridized carbons (Fsp3) is 0.263. The number of aromatic nitrogens is 3. The highest BCUT2D eigenvalue weighted by molar-refractivity contribution is 5.75. The van der Waals surface area contributed by atoms with Crippen molar-refractivity contribution in [3.63, 3.8) is 0 Å². The molecule has 2 heterocycles. The van der Waals surface area contributed by atoms with E-state index in [-0.39, 0.29) is 5.56 Å². The van der Waals surface area contributed by atoms with Crippen molar-refractivity contribution in [1.29, 1.82) is 5.26 Å². The summed E-state index contributed by atoms with van der Waals surface area (Å²) >= 11 is 0. The van der Waals surface area contributed by atoms with Gasteiger partial charge in [-0.05, 0) is 36.8 Å². The average Bonchev–Trinajstić information content (AvgIpc) is 2.64. The van der Waals surface area contributed by atoms with Crippen LogP contribution >= 0.6 is 0 Å². The molecule has 2 aromatic heterocycles. The number of pyridine rings is 1. The summed E-state index contributed by atoms with van der Waals surface area (Å²) in [5, 5.41) is 12.8. The minimum absolute atomic E-state index is 0.0494. The van der Waals surface area contributed by atoms with E-state index in [4.69, 9.17) is 5.26 Å². The third-order valence-electron chi connectivity index (χ3n) is 3.98. The second-order valence-electron chi connectivity index (χ2n) is 5.82. The number of aryl methyl sites for hydroxylation is 1. The first-order chi connectivity index (χ1) is 12.2. The van der Waals surface area contributed by atoms with E-state index in [1.165, 1.54) is 0 Å². The number of nitrogens with zero attached hydrogens (tertiary/aromatic N) is 4. The van der Waals surface area contributed by atoms with Crippen molar-refractivity contribution in [2.24, 2.45) is 0 Å². The zero-order valence-corrected chi connectivity index (χ0v) is 14.1. The fourth-order valence-electron chi connectivity index (χ4n) is 2.62. The minimum atomic E-state index is -0.0494. The van der Waals surface area contributed by atoms with Gasteiger partial charge in [0.25, 0.3) is 5.56 Å². The summed E-state index contributed by atoms with van der Waals surface area (Å²) in [5.41, 5.74) is 1.96. The van der Waals surface area contributed by atoms with Gasteiger partial charge in [0.2, 0.25) is 5.95 Å². The lowest BCUT2D eigenvalue weighted by atomic mass is 10.2. The number of unbranched alkanes of at least 4 members (excludes halogenated alkanes) is 2. The Morgan fingerprint density at radius 2 is 1.96 bits per heavy atom. The van der Waals surface area contributed by atoms with Crippen LogP contribution in [0.3, 0.4) is 0 Å². The van der Waals surface area contributed by atoms with Gasteiger partial charge in [0, 0.05) is 29.9 Å². The predicted molar refractivity (Wildman–Crippen MR) is 97.8 cm³/mol. The van der Waals surface area contributed by atoms with Crippen molar-refractivity contribution in [1.82, 2.24) is 14.5 Å². The summed E-state index contributed by atoms with van der Waals surface area (Å²) in [5.74, 6) is 0.423. The fourth-order valence-corrected chi connectivity index (χ4v) is 2.62. The molecule has 3 aromatic rings. The molecule has 126 valence electrons. The second kappa shape index (κ2) is 7.58. The number of nitrogens with one attached hydrogen (secondary N) is 1. The molecule has 3 rings (SSSR count). The maximum Gasteiger partial charge on any atom is 0.252 e. The first-order valence-electron chi connectivity index (χ1n) is 8.35. The van der Waals surface area contributed by atoms with Gasteiger partial charge in [-0.15, -0.1) is 0 Å². The molecule has 6 heteroatoms. The number of fused-ring (bicyclic) bond motifs is 1. The zero-order valence-electron chi connectivity index (χ0n) is 14.1. The molecule has 0 fully saturated rings. The van der Waals surface area contributed by atoms with Crippen LogP contribution in [0.25, 0.3) is 11.0 Å². The number of anilines is 2. The first kappa shape index (κ1) is 16.7. The van der Waals surface area contributed by atoms with Crippen LogP contribution in [0.4, 0.5) is 11.6 Å². The quantitative estimate of drug-likeness (QED) is 0.697. The van der Waals surface area contributed by atoms with Crippen molar-refractivity contribution in [2.75, 3.05) is 5.32 Å². The molecule has 0 atom stereocenters. The maximum atomic E-state index is 12.2. The summed E-state index contributed by atoms with van der Waals surface area (Å²) in [6.07, 6.45) is 4.83. The normalized spacial score (nSPS) is 10.6. The number of nitriles is 1. The summed E-state index contributed by atoms with van der Waals surface area (Å²) < 4.78 is 1.70. The number of rotatable bonds is 6. The van der Waals surface area contributed by atoms with Crippen LogP contribution in [0.15, 0.2) is 47.4 Å². The minimum Gasteiger partial charge on any atom is -0.324 e. The lowest BCUT2D eigenvalue weighted by molar-refractivity contribution is 0.599. The molecule has 0 aliphatic heterocycles. The molecule has 0 amide bonds. The monoisotopic (exact) mass is 333 g/mol. The van der Waals surface area contributed by atoms with Gasteiger partial charge in [-0.2, -0.15) is 10.2 Å². The Labute approximate surface area is 145 Å².